The molecule has 0 heterocycles. The van der Waals surface area contributed by atoms with E-state index in [-0.39, 0.29) is 40.9 Å². The summed E-state index contributed by atoms with van der Waals surface area (Å²) in [6.07, 6.45) is 11.9. The van der Waals surface area contributed by atoms with Gasteiger partial charge in [-0.25, -0.2) is 0 Å². The fraction of sp³-hybridized carbons (Fsp3) is 0.833. The van der Waals surface area contributed by atoms with Crippen molar-refractivity contribution in [3.63, 3.8) is 0 Å². The van der Waals surface area contributed by atoms with Crippen molar-refractivity contribution in [2.24, 2.45) is 46.3 Å². The van der Waals surface area contributed by atoms with Gasteiger partial charge in [-0.2, -0.15) is 0 Å². The standard InChI is InChI=1S/C30H46O6/c1-7-34-28(33)13-8-18(2)24-11-12-25-23-10-9-21-16-22(35-19(3)31)14-15-29(21,5)26(23)17-27(30(24,25)6)36-20(4)32/h9-10,18,21-27H,7-8,11-17H2,1-6H3/t18-,21+,22-,23-,24+,25+,26-,27-,29-,30+/m0/s1. The predicted molar refractivity (Wildman–Crippen MR) is 137 cm³/mol. The van der Waals surface area contributed by atoms with Crippen LogP contribution in [0.2, 0.25) is 0 Å². The largest absolute Gasteiger partial charge is 0.466 e. The molecule has 36 heavy (non-hydrogen) atoms. The van der Waals surface area contributed by atoms with E-state index in [1.165, 1.54) is 13.8 Å². The maximum absolute atomic E-state index is 12.3. The van der Waals surface area contributed by atoms with Crippen LogP contribution in [0.5, 0.6) is 0 Å². The number of esters is 3. The lowest BCUT2D eigenvalue weighted by molar-refractivity contribution is -0.183. The number of carbonyl (C=O) groups is 3. The Balaban J connectivity index is 1.59. The molecule has 0 unspecified atom stereocenters. The molecule has 202 valence electrons. The molecule has 0 saturated heterocycles. The number of hydrogen-bond donors (Lipinski definition) is 0. The second-order valence-electron chi connectivity index (χ2n) is 12.5. The quantitative estimate of drug-likeness (QED) is 0.246. The van der Waals surface area contributed by atoms with Crippen LogP contribution < -0.4 is 0 Å². The summed E-state index contributed by atoms with van der Waals surface area (Å²) in [5, 5.41) is 0. The molecule has 10 atom stereocenters. The molecule has 0 radical (unpaired) electrons. The van der Waals surface area contributed by atoms with Crippen LogP contribution in [-0.4, -0.2) is 36.7 Å². The van der Waals surface area contributed by atoms with Crippen LogP contribution in [0.4, 0.5) is 0 Å². The van der Waals surface area contributed by atoms with E-state index in [2.05, 4.69) is 32.9 Å². The molecule has 6 heteroatoms. The van der Waals surface area contributed by atoms with Crippen molar-refractivity contribution < 1.29 is 28.6 Å². The minimum absolute atomic E-state index is 0.00370. The highest BCUT2D eigenvalue weighted by molar-refractivity contribution is 5.69. The number of allylic oxidation sites excluding steroid dienone is 2. The van der Waals surface area contributed by atoms with Crippen LogP contribution in [0, 0.1) is 46.3 Å². The molecule has 0 aromatic heterocycles. The topological polar surface area (TPSA) is 78.9 Å². The molecule has 0 N–H and O–H groups in total. The average Bonchev–Trinajstić information content (AvgIpc) is 3.16. The normalized spacial score (nSPS) is 41.9. The van der Waals surface area contributed by atoms with E-state index in [0.717, 1.165) is 44.9 Å². The number of fused-ring (bicyclic) bond motifs is 5. The maximum atomic E-state index is 12.3. The van der Waals surface area contributed by atoms with Gasteiger partial charge in [0.25, 0.3) is 0 Å². The van der Waals surface area contributed by atoms with Crippen molar-refractivity contribution in [1.82, 2.24) is 0 Å². The van der Waals surface area contributed by atoms with Gasteiger partial charge in [0, 0.05) is 25.7 Å². The van der Waals surface area contributed by atoms with Gasteiger partial charge >= 0.3 is 17.9 Å². The van der Waals surface area contributed by atoms with Gasteiger partial charge in [-0.1, -0.05) is 32.9 Å². The van der Waals surface area contributed by atoms with E-state index < -0.39 is 0 Å². The van der Waals surface area contributed by atoms with E-state index in [9.17, 15) is 14.4 Å². The Morgan fingerprint density at radius 1 is 0.972 bits per heavy atom. The van der Waals surface area contributed by atoms with E-state index in [1.807, 2.05) is 6.92 Å². The van der Waals surface area contributed by atoms with Crippen molar-refractivity contribution in [1.29, 1.82) is 0 Å². The first kappa shape index (κ1) is 27.2. The van der Waals surface area contributed by atoms with Gasteiger partial charge in [0.15, 0.2) is 0 Å². The summed E-state index contributed by atoms with van der Waals surface area (Å²) < 4.78 is 17.0. The molecule has 6 nitrogen and oxygen atoms in total. The van der Waals surface area contributed by atoms with Crippen molar-refractivity contribution in [3.05, 3.63) is 12.2 Å². The van der Waals surface area contributed by atoms with Crippen LogP contribution in [-0.2, 0) is 28.6 Å². The molecular formula is C30H46O6. The highest BCUT2D eigenvalue weighted by Gasteiger charge is 2.64. The van der Waals surface area contributed by atoms with Gasteiger partial charge in [0.2, 0.25) is 0 Å². The van der Waals surface area contributed by atoms with Crippen LogP contribution in [0.1, 0.15) is 92.9 Å². The Kier molecular flexibility index (Phi) is 7.92. The lowest BCUT2D eigenvalue weighted by atomic mass is 9.45. The minimum Gasteiger partial charge on any atom is -0.466 e. The lowest BCUT2D eigenvalue weighted by Gasteiger charge is -2.61. The highest BCUT2D eigenvalue weighted by atomic mass is 16.5. The molecule has 0 amide bonds. The highest BCUT2D eigenvalue weighted by Crippen LogP contribution is 2.67. The van der Waals surface area contributed by atoms with Gasteiger partial charge in [0.1, 0.15) is 12.2 Å². The molecule has 0 aliphatic heterocycles. The first-order valence-corrected chi connectivity index (χ1v) is 14.2. The fourth-order valence-electron chi connectivity index (χ4n) is 8.98. The zero-order chi connectivity index (χ0) is 26.3. The second kappa shape index (κ2) is 10.5. The molecular weight excluding hydrogens is 456 g/mol. The third-order valence-corrected chi connectivity index (χ3v) is 10.7. The summed E-state index contributed by atoms with van der Waals surface area (Å²) in [6, 6.07) is 0. The summed E-state index contributed by atoms with van der Waals surface area (Å²) in [6.45, 7) is 12.3. The Labute approximate surface area is 216 Å². The van der Waals surface area contributed by atoms with Gasteiger partial charge in [-0.05, 0) is 92.8 Å². The molecule has 3 fully saturated rings. The second-order valence-corrected chi connectivity index (χ2v) is 12.5. The predicted octanol–water partition coefficient (Wildman–Crippen LogP) is 5.87. The average molecular weight is 503 g/mol. The van der Waals surface area contributed by atoms with Gasteiger partial charge in [0.05, 0.1) is 6.61 Å². The minimum atomic E-state index is -0.199. The Morgan fingerprint density at radius 3 is 2.36 bits per heavy atom. The zero-order valence-electron chi connectivity index (χ0n) is 23.1. The van der Waals surface area contributed by atoms with Crippen molar-refractivity contribution >= 4 is 17.9 Å². The third kappa shape index (κ3) is 4.86. The Bertz CT molecular complexity index is 881. The number of carbonyl (C=O) groups excluding carboxylic acids is 3. The number of hydrogen-bond acceptors (Lipinski definition) is 6. The fourth-order valence-corrected chi connectivity index (χ4v) is 8.98. The molecule has 4 aliphatic rings. The van der Waals surface area contributed by atoms with Crippen LogP contribution in [0.25, 0.3) is 0 Å². The molecule has 0 bridgehead atoms. The van der Waals surface area contributed by atoms with Gasteiger partial charge in [-0.15, -0.1) is 0 Å². The van der Waals surface area contributed by atoms with Crippen molar-refractivity contribution in [2.45, 2.75) is 105 Å². The van der Waals surface area contributed by atoms with Crippen LogP contribution in [0.15, 0.2) is 12.2 Å². The van der Waals surface area contributed by atoms with E-state index >= 15 is 0 Å². The third-order valence-electron chi connectivity index (χ3n) is 10.7. The van der Waals surface area contributed by atoms with Gasteiger partial charge < -0.3 is 14.2 Å². The molecule has 0 aromatic carbocycles. The number of ether oxygens (including phenoxy) is 3. The van der Waals surface area contributed by atoms with E-state index in [1.54, 1.807) is 0 Å². The van der Waals surface area contributed by atoms with Crippen molar-refractivity contribution in [3.8, 4) is 0 Å². The summed E-state index contributed by atoms with van der Waals surface area (Å²) >= 11 is 0. The molecule has 0 spiro atoms. The molecule has 4 rings (SSSR count). The monoisotopic (exact) mass is 502 g/mol. The summed E-state index contributed by atoms with van der Waals surface area (Å²) in [7, 11) is 0. The summed E-state index contributed by atoms with van der Waals surface area (Å²) in [5.41, 5.74) is 0.00675. The van der Waals surface area contributed by atoms with Crippen LogP contribution >= 0.6 is 0 Å². The Morgan fingerprint density at radius 2 is 1.69 bits per heavy atom. The first-order valence-electron chi connectivity index (χ1n) is 14.2. The van der Waals surface area contributed by atoms with Gasteiger partial charge in [-0.3, -0.25) is 14.4 Å². The summed E-state index contributed by atoms with van der Waals surface area (Å²) in [5.74, 6) is 1.99. The van der Waals surface area contributed by atoms with E-state index in [0.29, 0.717) is 48.5 Å². The number of rotatable bonds is 7. The lowest BCUT2D eigenvalue weighted by Crippen LogP contribution is -2.58. The summed E-state index contributed by atoms with van der Waals surface area (Å²) in [4.78, 5) is 35.9. The van der Waals surface area contributed by atoms with Crippen LogP contribution in [0.3, 0.4) is 0 Å². The first-order chi connectivity index (χ1) is 17.0. The maximum Gasteiger partial charge on any atom is 0.305 e. The molecule has 0 aromatic rings. The van der Waals surface area contributed by atoms with Crippen molar-refractivity contribution in [2.75, 3.05) is 6.61 Å². The smallest absolute Gasteiger partial charge is 0.305 e. The molecule has 3 saturated carbocycles. The zero-order valence-corrected chi connectivity index (χ0v) is 23.1. The molecule has 4 aliphatic carbocycles. The van der Waals surface area contributed by atoms with E-state index in [4.69, 9.17) is 14.2 Å². The Hall–Kier alpha value is -1.85. The SMILES string of the molecule is CCOC(=O)CC[C@H](C)[C@H]1CC[C@@H]2[C@@H]3C=C[C@@H]4C[C@@H](OC(C)=O)CC[C@]4(C)[C@H]3C[C@H](OC(C)=O)[C@@]21C.